The van der Waals surface area contributed by atoms with Crippen LogP contribution in [0.5, 0.6) is 0 Å². The van der Waals surface area contributed by atoms with Crippen LogP contribution in [0.2, 0.25) is 10.0 Å². The van der Waals surface area contributed by atoms with Crippen LogP contribution in [0.25, 0.3) is 16.9 Å². The zero-order chi connectivity index (χ0) is 19.0. The van der Waals surface area contributed by atoms with Crippen molar-refractivity contribution in [3.05, 3.63) is 74.4 Å². The topological polar surface area (TPSA) is 75.9 Å². The van der Waals surface area contributed by atoms with Crippen molar-refractivity contribution in [1.29, 1.82) is 0 Å². The van der Waals surface area contributed by atoms with E-state index in [1.165, 1.54) is 17.8 Å². The molecule has 0 atom stereocenters. The van der Waals surface area contributed by atoms with E-state index in [-0.39, 0.29) is 5.56 Å². The Morgan fingerprint density at radius 1 is 1.15 bits per heavy atom. The molecule has 0 fully saturated rings. The van der Waals surface area contributed by atoms with E-state index in [1.54, 1.807) is 35.0 Å². The van der Waals surface area contributed by atoms with Gasteiger partial charge in [0.05, 0.1) is 17.1 Å². The first kappa shape index (κ1) is 18.0. The SMILES string of the molecule is Cc1cc2[nH]c(=O)cc(CSc3nccc(-c4cc(Cl)cc(Cl)c4)n3)n2n1. The van der Waals surface area contributed by atoms with Crippen LogP contribution in [0.1, 0.15) is 11.4 Å². The van der Waals surface area contributed by atoms with Gasteiger partial charge in [0.25, 0.3) is 5.56 Å². The Labute approximate surface area is 168 Å². The first-order chi connectivity index (χ1) is 13.0. The summed E-state index contributed by atoms with van der Waals surface area (Å²) in [6.45, 7) is 1.88. The lowest BCUT2D eigenvalue weighted by atomic mass is 10.1. The van der Waals surface area contributed by atoms with Gasteiger partial charge in [-0.2, -0.15) is 5.10 Å². The third-order valence-electron chi connectivity index (χ3n) is 3.79. The van der Waals surface area contributed by atoms with Gasteiger partial charge in [0.15, 0.2) is 5.16 Å². The Bertz CT molecular complexity index is 1180. The molecule has 0 saturated heterocycles. The van der Waals surface area contributed by atoms with Gasteiger partial charge in [-0.25, -0.2) is 14.5 Å². The van der Waals surface area contributed by atoms with Gasteiger partial charge >= 0.3 is 0 Å². The number of benzene rings is 1. The highest BCUT2D eigenvalue weighted by atomic mass is 35.5. The fourth-order valence-electron chi connectivity index (χ4n) is 2.70. The molecule has 0 bridgehead atoms. The highest BCUT2D eigenvalue weighted by Crippen LogP contribution is 2.27. The normalized spacial score (nSPS) is 11.2. The van der Waals surface area contributed by atoms with Crippen LogP contribution in [0, 0.1) is 6.92 Å². The smallest absolute Gasteiger partial charge is 0.251 e. The van der Waals surface area contributed by atoms with Crippen molar-refractivity contribution >= 4 is 40.6 Å². The number of thioether (sulfide) groups is 1. The molecule has 136 valence electrons. The predicted molar refractivity (Wildman–Crippen MR) is 108 cm³/mol. The van der Waals surface area contributed by atoms with E-state index in [0.717, 1.165) is 22.6 Å². The predicted octanol–water partition coefficient (Wildman–Crippen LogP) is 4.39. The van der Waals surface area contributed by atoms with E-state index in [1.807, 2.05) is 13.0 Å². The molecule has 1 N–H and O–H groups in total. The molecule has 0 saturated carbocycles. The summed E-state index contributed by atoms with van der Waals surface area (Å²) >= 11 is 13.6. The lowest BCUT2D eigenvalue weighted by Gasteiger charge is -2.06. The van der Waals surface area contributed by atoms with Gasteiger partial charge < -0.3 is 4.98 Å². The highest BCUT2D eigenvalue weighted by molar-refractivity contribution is 7.98. The van der Waals surface area contributed by atoms with Crippen molar-refractivity contribution in [2.24, 2.45) is 0 Å². The van der Waals surface area contributed by atoms with Crippen LogP contribution in [0.4, 0.5) is 0 Å². The Hall–Kier alpha value is -2.35. The molecule has 3 heterocycles. The summed E-state index contributed by atoms with van der Waals surface area (Å²) in [7, 11) is 0. The molecular formula is C18H13Cl2N5OS. The average Bonchev–Trinajstić information content (AvgIpc) is 2.99. The number of hydrogen-bond donors (Lipinski definition) is 1. The molecule has 0 aliphatic carbocycles. The van der Waals surface area contributed by atoms with E-state index in [2.05, 4.69) is 20.1 Å². The molecule has 0 unspecified atom stereocenters. The number of H-pyrrole nitrogens is 1. The van der Waals surface area contributed by atoms with Gasteiger partial charge in [-0.05, 0) is 31.2 Å². The van der Waals surface area contributed by atoms with Crippen LogP contribution in [-0.4, -0.2) is 24.6 Å². The molecule has 0 amide bonds. The number of halogens is 2. The molecule has 3 aromatic heterocycles. The number of aromatic nitrogens is 5. The second kappa shape index (κ2) is 7.34. The molecule has 0 aliphatic rings. The largest absolute Gasteiger partial charge is 0.307 e. The van der Waals surface area contributed by atoms with Crippen molar-refractivity contribution in [3.8, 4) is 11.3 Å². The quantitative estimate of drug-likeness (QED) is 0.393. The van der Waals surface area contributed by atoms with E-state index in [9.17, 15) is 4.79 Å². The third kappa shape index (κ3) is 4.00. The van der Waals surface area contributed by atoms with Crippen molar-refractivity contribution in [3.63, 3.8) is 0 Å². The Morgan fingerprint density at radius 3 is 2.70 bits per heavy atom. The molecule has 1 aromatic carbocycles. The number of hydrogen-bond acceptors (Lipinski definition) is 5. The fourth-order valence-corrected chi connectivity index (χ4v) is 4.00. The second-order valence-corrected chi connectivity index (χ2v) is 7.69. The van der Waals surface area contributed by atoms with Crippen LogP contribution in [0.15, 0.2) is 52.5 Å². The summed E-state index contributed by atoms with van der Waals surface area (Å²) in [6, 6.07) is 10.4. The maximum Gasteiger partial charge on any atom is 0.251 e. The number of fused-ring (bicyclic) bond motifs is 1. The van der Waals surface area contributed by atoms with Gasteiger partial charge in [0.1, 0.15) is 5.65 Å². The van der Waals surface area contributed by atoms with E-state index >= 15 is 0 Å². The summed E-state index contributed by atoms with van der Waals surface area (Å²) < 4.78 is 1.73. The second-order valence-electron chi connectivity index (χ2n) is 5.88. The van der Waals surface area contributed by atoms with Crippen LogP contribution < -0.4 is 5.56 Å². The minimum atomic E-state index is -0.166. The van der Waals surface area contributed by atoms with Crippen LogP contribution in [-0.2, 0) is 5.75 Å². The minimum absolute atomic E-state index is 0.166. The van der Waals surface area contributed by atoms with Crippen molar-refractivity contribution < 1.29 is 0 Å². The highest BCUT2D eigenvalue weighted by Gasteiger charge is 2.09. The summed E-state index contributed by atoms with van der Waals surface area (Å²) in [4.78, 5) is 23.5. The molecule has 9 heteroatoms. The summed E-state index contributed by atoms with van der Waals surface area (Å²) in [6.07, 6.45) is 1.69. The molecule has 6 nitrogen and oxygen atoms in total. The standard InChI is InChI=1S/C18H13Cl2N5OS/c1-10-4-16-23-17(26)8-14(25(16)24-10)9-27-18-21-3-2-15(22-18)11-5-12(19)7-13(20)6-11/h2-8H,9H2,1H3,(H,23,26). The van der Waals surface area contributed by atoms with E-state index in [4.69, 9.17) is 23.2 Å². The Kier molecular flexibility index (Phi) is 4.90. The van der Waals surface area contributed by atoms with Crippen molar-refractivity contribution in [2.45, 2.75) is 17.8 Å². The van der Waals surface area contributed by atoms with Crippen LogP contribution >= 0.6 is 35.0 Å². The number of rotatable bonds is 4. The Morgan fingerprint density at radius 2 is 1.93 bits per heavy atom. The number of aryl methyl sites for hydroxylation is 1. The maximum absolute atomic E-state index is 11.9. The monoisotopic (exact) mass is 417 g/mol. The zero-order valence-electron chi connectivity index (χ0n) is 14.1. The molecule has 4 rings (SSSR count). The molecular weight excluding hydrogens is 405 g/mol. The van der Waals surface area contributed by atoms with E-state index < -0.39 is 0 Å². The van der Waals surface area contributed by atoms with Gasteiger partial charge in [-0.1, -0.05) is 35.0 Å². The van der Waals surface area contributed by atoms with Gasteiger partial charge in [0.2, 0.25) is 0 Å². The summed E-state index contributed by atoms with van der Waals surface area (Å²) in [5.41, 5.74) is 3.65. The van der Waals surface area contributed by atoms with Crippen molar-refractivity contribution in [2.75, 3.05) is 0 Å². The number of nitrogens with zero attached hydrogens (tertiary/aromatic N) is 4. The number of nitrogens with one attached hydrogen (secondary N) is 1. The minimum Gasteiger partial charge on any atom is -0.307 e. The fraction of sp³-hybridized carbons (Fsp3) is 0.111. The molecule has 27 heavy (non-hydrogen) atoms. The molecule has 0 radical (unpaired) electrons. The van der Waals surface area contributed by atoms with Crippen LogP contribution in [0.3, 0.4) is 0 Å². The van der Waals surface area contributed by atoms with Gasteiger partial charge in [0, 0.05) is 39.7 Å². The van der Waals surface area contributed by atoms with Gasteiger partial charge in [-0.15, -0.1) is 0 Å². The summed E-state index contributed by atoms with van der Waals surface area (Å²) in [5, 5.41) is 6.09. The summed E-state index contributed by atoms with van der Waals surface area (Å²) in [5.74, 6) is 0.501. The average molecular weight is 418 g/mol. The first-order valence-corrected chi connectivity index (χ1v) is 9.73. The maximum atomic E-state index is 11.9. The molecule has 0 spiro atoms. The lowest BCUT2D eigenvalue weighted by Crippen LogP contribution is -2.11. The lowest BCUT2D eigenvalue weighted by molar-refractivity contribution is 0.862. The first-order valence-electron chi connectivity index (χ1n) is 7.99. The Balaban J connectivity index is 1.62. The van der Waals surface area contributed by atoms with Gasteiger partial charge in [-0.3, -0.25) is 4.79 Å². The molecule has 0 aliphatic heterocycles. The van der Waals surface area contributed by atoms with Crippen molar-refractivity contribution in [1.82, 2.24) is 24.6 Å². The zero-order valence-corrected chi connectivity index (χ0v) is 16.4. The van der Waals surface area contributed by atoms with E-state index in [0.29, 0.717) is 26.6 Å². The molecule has 4 aromatic rings. The number of aromatic amines is 1. The third-order valence-corrected chi connectivity index (χ3v) is 5.12.